The molecule has 0 unspecified atom stereocenters. The van der Waals surface area contributed by atoms with E-state index in [-0.39, 0.29) is 23.1 Å². The Morgan fingerprint density at radius 1 is 0.175 bits per heavy atom. The topological polar surface area (TPSA) is 68.3 Å². The van der Waals surface area contributed by atoms with Crippen molar-refractivity contribution in [2.75, 3.05) is 0 Å². The SMILES string of the molecule is CCCCCC.CCCCCCc1cc2c(s1)c1c(c3sc(CCCCCC)cc32)C2C(=O)C(=O)C1c1c2c2sc(CCCCCC)cc2c2cc(CCCCCC)sc12.CCCCCCc1cc2c(s1)c1c(c3sc(CCCCCC)cc32)C2C(=O)C(=O)C1c1c2c2sc(CCCCCC)cc2c2cc(CCCCCC)sc12. The van der Waals surface area contributed by atoms with Crippen LogP contribution in [0.2, 0.25) is 0 Å². The third-order valence-electron chi connectivity index (χ3n) is 25.6. The fourth-order valence-electron chi connectivity index (χ4n) is 19.5. The van der Waals surface area contributed by atoms with Crippen molar-refractivity contribution in [1.82, 2.24) is 0 Å². The molecule has 0 amide bonds. The van der Waals surface area contributed by atoms with Crippen molar-refractivity contribution in [3.8, 4) is 0 Å². The van der Waals surface area contributed by atoms with E-state index in [0.29, 0.717) is 0 Å². The normalized spacial score (nSPS) is 16.2. The lowest BCUT2D eigenvalue weighted by Gasteiger charge is -2.39. The highest BCUT2D eigenvalue weighted by Gasteiger charge is 2.55. The molecule has 0 saturated heterocycles. The highest BCUT2D eigenvalue weighted by molar-refractivity contribution is 7.24. The minimum absolute atomic E-state index is 0.162. The van der Waals surface area contributed by atoms with Crippen LogP contribution in [0.15, 0.2) is 48.5 Å². The molecule has 6 aliphatic carbocycles. The molecule has 0 aliphatic heterocycles. The van der Waals surface area contributed by atoms with Crippen molar-refractivity contribution in [2.24, 2.45) is 0 Å². The predicted molar refractivity (Wildman–Crippen MR) is 509 cm³/mol. The molecule has 12 aromatic rings. The number of Topliss-reactive ketones (excluding diaryl/α,β-unsaturated/α-hetero) is 4. The average molecular weight is 1680 g/mol. The lowest BCUT2D eigenvalue weighted by atomic mass is 9.61. The number of fused-ring (bicyclic) bond motifs is 14. The zero-order valence-electron chi connectivity index (χ0n) is 70.9. The number of aryl methyl sites for hydroxylation is 8. The van der Waals surface area contributed by atoms with Crippen LogP contribution in [0, 0.1) is 0 Å². The summed E-state index contributed by atoms with van der Waals surface area (Å²) < 4.78 is 10.3. The van der Waals surface area contributed by atoms with Crippen molar-refractivity contribution in [3.63, 3.8) is 0 Å². The summed E-state index contributed by atoms with van der Waals surface area (Å²) in [5.74, 6) is -2.67. The van der Waals surface area contributed by atoms with Gasteiger partial charge in [0.05, 0.1) is 23.7 Å². The summed E-state index contributed by atoms with van der Waals surface area (Å²) in [6.07, 6.45) is 54.2. The monoisotopic (exact) mass is 1670 g/mol. The molecule has 4 bridgehead atoms. The van der Waals surface area contributed by atoms with Crippen LogP contribution in [-0.2, 0) is 70.5 Å². The van der Waals surface area contributed by atoms with Gasteiger partial charge in [0.15, 0.2) is 0 Å². The number of benzene rings is 4. The molecule has 8 heterocycles. The summed E-state index contributed by atoms with van der Waals surface area (Å²) in [7, 11) is 0. The number of hydrogen-bond acceptors (Lipinski definition) is 12. The van der Waals surface area contributed by atoms with E-state index in [1.54, 1.807) is 0 Å². The molecule has 0 saturated carbocycles. The van der Waals surface area contributed by atoms with Gasteiger partial charge in [0.25, 0.3) is 0 Å². The van der Waals surface area contributed by atoms with Crippen LogP contribution < -0.4 is 0 Å². The molecule has 0 spiro atoms. The molecule has 12 heteroatoms. The first kappa shape index (κ1) is 85.7. The molecule has 8 aromatic heterocycles. The van der Waals surface area contributed by atoms with Crippen LogP contribution in [0.1, 0.15) is 408 Å². The largest absolute Gasteiger partial charge is 0.290 e. The maximum atomic E-state index is 14.7. The summed E-state index contributed by atoms with van der Waals surface area (Å²) in [6.45, 7) is 22.7. The zero-order valence-corrected chi connectivity index (χ0v) is 77.5. The van der Waals surface area contributed by atoms with Gasteiger partial charge >= 0.3 is 0 Å². The number of rotatable bonds is 43. The van der Waals surface area contributed by atoms with Crippen LogP contribution in [0.4, 0.5) is 0 Å². The van der Waals surface area contributed by atoms with E-state index in [1.807, 2.05) is 90.7 Å². The summed E-state index contributed by atoms with van der Waals surface area (Å²) >= 11 is 15.4. The lowest BCUT2D eigenvalue weighted by molar-refractivity contribution is -0.138. The Hall–Kier alpha value is -4.76. The van der Waals surface area contributed by atoms with Gasteiger partial charge in [-0.3, -0.25) is 19.2 Å². The summed E-state index contributed by atoms with van der Waals surface area (Å²) in [5.41, 5.74) is 9.55. The molecule has 4 aromatic carbocycles. The first-order valence-electron chi connectivity index (χ1n) is 46.1. The van der Waals surface area contributed by atoms with Crippen molar-refractivity contribution < 1.29 is 19.2 Å². The zero-order chi connectivity index (χ0) is 79.5. The number of carbonyl (C=O) groups is 4. The highest BCUT2D eigenvalue weighted by atomic mass is 32.1. The van der Waals surface area contributed by atoms with Crippen LogP contribution in [0.5, 0.6) is 0 Å². The van der Waals surface area contributed by atoms with Gasteiger partial charge in [-0.25, -0.2) is 0 Å². The smallest absolute Gasteiger partial charge is 0.211 e. The number of hydrogen-bond donors (Lipinski definition) is 0. The third kappa shape index (κ3) is 17.6. The quantitative estimate of drug-likeness (QED) is 0.0282. The molecule has 0 radical (unpaired) electrons. The maximum absolute atomic E-state index is 14.7. The molecule has 0 N–H and O–H groups in total. The first-order valence-corrected chi connectivity index (χ1v) is 52.6. The van der Waals surface area contributed by atoms with Crippen molar-refractivity contribution >= 4 is 195 Å². The molecular weight excluding hydrogens is 1550 g/mol. The standard InChI is InChI=1S/2C48H58O2S4.C6H14/c2*1-5-9-13-17-21-29-25-33-34-26-30(22-18-14-10-6-2)52-46(34)40-38-42-41(37(43(49)44(38)50)39(40)45(33)51-29)47-35(27-31(53-47)23-19-15-11-7-3)36-28-32(54-48(36)42)24-20-16-12-8-4;1-3-5-6-4-2/h2*25-28,37-38H,5-24H2,1-4H3;3-6H2,1-2H3. The third-order valence-corrected chi connectivity index (χ3v) is 35.4. The Kier molecular flexibility index (Phi) is 30.5. The number of thiophene rings is 8. The Morgan fingerprint density at radius 3 is 0.404 bits per heavy atom. The molecule has 6 aliphatic rings. The molecule has 610 valence electrons. The van der Waals surface area contributed by atoms with E-state index >= 15 is 0 Å². The number of carbonyl (C=O) groups excluding carboxylic acids is 4. The average Bonchev–Trinajstić information content (AvgIpc) is 1.27. The first-order chi connectivity index (χ1) is 55.9. The summed E-state index contributed by atoms with van der Waals surface area (Å²) in [6, 6.07) is 19.8. The second-order valence-electron chi connectivity index (χ2n) is 34.3. The van der Waals surface area contributed by atoms with Gasteiger partial charge in [-0.1, -0.05) is 249 Å². The van der Waals surface area contributed by atoms with Crippen molar-refractivity contribution in [2.45, 2.75) is 375 Å². The van der Waals surface area contributed by atoms with Gasteiger partial charge in [-0.05, 0) is 196 Å². The molecule has 0 fully saturated rings. The highest BCUT2D eigenvalue weighted by Crippen LogP contribution is 2.64. The van der Waals surface area contributed by atoms with Gasteiger partial charge in [-0.15, -0.1) is 90.7 Å². The van der Waals surface area contributed by atoms with E-state index < -0.39 is 23.7 Å². The summed E-state index contributed by atoms with van der Waals surface area (Å²) in [4.78, 5) is 70.1. The van der Waals surface area contributed by atoms with Crippen LogP contribution in [0.3, 0.4) is 0 Å². The molecule has 0 atom stereocenters. The summed E-state index contributed by atoms with van der Waals surface area (Å²) in [5, 5.41) is 10.6. The number of unbranched alkanes of at least 4 members (excludes halogenated alkanes) is 27. The van der Waals surface area contributed by atoms with Crippen molar-refractivity contribution in [3.05, 3.63) is 132 Å². The van der Waals surface area contributed by atoms with Crippen molar-refractivity contribution in [1.29, 1.82) is 0 Å². The number of ketones is 4. The van der Waals surface area contributed by atoms with E-state index in [0.717, 1.165) is 51.4 Å². The second-order valence-corrected chi connectivity index (χ2v) is 43.4. The molecule has 114 heavy (non-hydrogen) atoms. The van der Waals surface area contributed by atoms with Gasteiger partial charge in [0.1, 0.15) is 0 Å². The molecule has 18 rings (SSSR count). The predicted octanol–water partition coefficient (Wildman–Crippen LogP) is 34.1. The van der Waals surface area contributed by atoms with Gasteiger partial charge in [0, 0.05) is 120 Å². The van der Waals surface area contributed by atoms with Crippen LogP contribution in [0.25, 0.3) is 80.7 Å². The van der Waals surface area contributed by atoms with Gasteiger partial charge in [0.2, 0.25) is 23.1 Å². The van der Waals surface area contributed by atoms with E-state index in [4.69, 9.17) is 0 Å². The van der Waals surface area contributed by atoms with Crippen LogP contribution >= 0.6 is 90.7 Å². The van der Waals surface area contributed by atoms with Crippen LogP contribution in [-0.4, -0.2) is 23.1 Å². The van der Waals surface area contributed by atoms with E-state index in [9.17, 15) is 19.2 Å². The van der Waals surface area contributed by atoms with E-state index in [1.165, 1.54) is 395 Å². The lowest BCUT2D eigenvalue weighted by Crippen LogP contribution is -2.41. The fourth-order valence-corrected chi connectivity index (χ4v) is 29.9. The molecule has 4 nitrogen and oxygen atoms in total. The minimum atomic E-state index is -0.505. The molecular formula is C102H130O4S8. The Balaban J connectivity index is 0.000000176. The Labute approximate surface area is 714 Å². The van der Waals surface area contributed by atoms with E-state index in [2.05, 4.69) is 118 Å². The van der Waals surface area contributed by atoms with Gasteiger partial charge < -0.3 is 0 Å². The van der Waals surface area contributed by atoms with Gasteiger partial charge in [-0.2, -0.15) is 0 Å². The Bertz CT molecular complexity index is 4400. The minimum Gasteiger partial charge on any atom is -0.290 e. The Morgan fingerprint density at radius 2 is 0.289 bits per heavy atom. The fraction of sp³-hybridized carbons (Fsp3) is 0.569. The maximum Gasteiger partial charge on any atom is 0.211 e. The second kappa shape index (κ2) is 40.5.